The van der Waals surface area contributed by atoms with E-state index in [9.17, 15) is 21.6 Å². The second-order valence-corrected chi connectivity index (χ2v) is 12.3. The first kappa shape index (κ1) is 25.2. The van der Waals surface area contributed by atoms with Crippen LogP contribution in [0.5, 0.6) is 0 Å². The van der Waals surface area contributed by atoms with Crippen LogP contribution >= 0.6 is 0 Å². The van der Waals surface area contributed by atoms with Crippen molar-refractivity contribution < 1.29 is 26.4 Å². The van der Waals surface area contributed by atoms with Gasteiger partial charge in [0.2, 0.25) is 10.0 Å². The van der Waals surface area contributed by atoms with Crippen molar-refractivity contribution >= 4 is 31.5 Å². The molecule has 2 aromatic rings. The van der Waals surface area contributed by atoms with Gasteiger partial charge in [-0.25, -0.2) is 21.1 Å². The van der Waals surface area contributed by atoms with Crippen LogP contribution in [-0.2, 0) is 24.6 Å². The number of sulfone groups is 1. The highest BCUT2D eigenvalue weighted by molar-refractivity contribution is 7.90. The number of amides is 1. The number of hydrogen-bond acceptors (Lipinski definition) is 7. The van der Waals surface area contributed by atoms with Crippen molar-refractivity contribution in [1.82, 2.24) is 9.62 Å². The maximum Gasteiger partial charge on any atom is 0.253 e. The summed E-state index contributed by atoms with van der Waals surface area (Å²) in [6, 6.07) is 10.4. The lowest BCUT2D eigenvalue weighted by Crippen LogP contribution is -2.38. The zero-order valence-corrected chi connectivity index (χ0v) is 20.7. The Morgan fingerprint density at radius 2 is 1.58 bits per heavy atom. The van der Waals surface area contributed by atoms with E-state index in [0.717, 1.165) is 16.1 Å². The van der Waals surface area contributed by atoms with Crippen molar-refractivity contribution in [2.75, 3.05) is 51.6 Å². The van der Waals surface area contributed by atoms with Crippen LogP contribution in [0.15, 0.2) is 52.3 Å². The minimum Gasteiger partial charge on any atom is -0.378 e. The Labute approximate surface area is 195 Å². The molecule has 1 saturated heterocycles. The number of benzene rings is 2. The number of nitrogens with zero attached hydrogens (tertiary/aromatic N) is 2. The van der Waals surface area contributed by atoms with Crippen molar-refractivity contribution in [3.63, 3.8) is 0 Å². The average molecular weight is 496 g/mol. The molecule has 0 aliphatic carbocycles. The van der Waals surface area contributed by atoms with E-state index >= 15 is 0 Å². The first-order valence-corrected chi connectivity index (χ1v) is 13.7. The fourth-order valence-corrected chi connectivity index (χ4v) is 5.07. The van der Waals surface area contributed by atoms with Crippen LogP contribution in [0.1, 0.15) is 28.9 Å². The standard InChI is InChI=1S/C22H29N3O6S2/c1-16(17-5-7-18(8-6-17)32(4,27)28)23-22(26)20-15-19(33(29,30)24(2)3)9-10-21(20)25-11-13-31-14-12-25/h5-10,15-16H,11-14H2,1-4H3,(H,23,26)/t16-/m0/s1. The van der Waals surface area contributed by atoms with Gasteiger partial charge in [0.05, 0.1) is 34.6 Å². The molecule has 9 nitrogen and oxygen atoms in total. The molecule has 1 aliphatic heterocycles. The number of hydrogen-bond donors (Lipinski definition) is 1. The molecule has 11 heteroatoms. The van der Waals surface area contributed by atoms with Crippen molar-refractivity contribution in [3.05, 3.63) is 53.6 Å². The third-order valence-electron chi connectivity index (χ3n) is 5.50. The highest BCUT2D eigenvalue weighted by Crippen LogP contribution is 2.27. The number of ether oxygens (including phenoxy) is 1. The number of nitrogens with one attached hydrogen (secondary N) is 1. The van der Waals surface area contributed by atoms with E-state index in [1.807, 2.05) is 4.90 Å². The van der Waals surface area contributed by atoms with Crippen molar-refractivity contribution in [2.24, 2.45) is 0 Å². The number of rotatable bonds is 7. The number of sulfonamides is 1. The molecule has 1 aliphatic rings. The molecule has 180 valence electrons. The number of carbonyl (C=O) groups excluding carboxylic acids is 1. The second kappa shape index (κ2) is 9.80. The zero-order valence-electron chi connectivity index (χ0n) is 19.1. The van der Waals surface area contributed by atoms with E-state index in [1.165, 1.54) is 38.4 Å². The molecule has 1 amide bonds. The third-order valence-corrected chi connectivity index (χ3v) is 8.44. The quantitative estimate of drug-likeness (QED) is 0.622. The summed E-state index contributed by atoms with van der Waals surface area (Å²) in [6.07, 6.45) is 1.13. The van der Waals surface area contributed by atoms with E-state index in [0.29, 0.717) is 32.0 Å². The van der Waals surface area contributed by atoms with Gasteiger partial charge < -0.3 is 15.0 Å². The molecule has 1 heterocycles. The van der Waals surface area contributed by atoms with E-state index < -0.39 is 31.8 Å². The van der Waals surface area contributed by atoms with Crippen LogP contribution in [0.2, 0.25) is 0 Å². The van der Waals surface area contributed by atoms with Gasteiger partial charge in [0.25, 0.3) is 5.91 Å². The lowest BCUT2D eigenvalue weighted by molar-refractivity contribution is 0.0938. The van der Waals surface area contributed by atoms with Gasteiger partial charge in [-0.05, 0) is 42.8 Å². The molecular formula is C22H29N3O6S2. The number of anilines is 1. The first-order valence-electron chi connectivity index (χ1n) is 10.4. The minimum absolute atomic E-state index is 0.0276. The smallest absolute Gasteiger partial charge is 0.253 e. The predicted molar refractivity (Wildman–Crippen MR) is 126 cm³/mol. The van der Waals surface area contributed by atoms with Crippen molar-refractivity contribution in [1.29, 1.82) is 0 Å². The van der Waals surface area contributed by atoms with Crippen molar-refractivity contribution in [2.45, 2.75) is 22.8 Å². The summed E-state index contributed by atoms with van der Waals surface area (Å²) in [6.45, 7) is 3.98. The molecule has 0 unspecified atom stereocenters. The highest BCUT2D eigenvalue weighted by Gasteiger charge is 2.25. The van der Waals surface area contributed by atoms with Gasteiger partial charge in [-0.3, -0.25) is 4.79 Å². The van der Waals surface area contributed by atoms with Gasteiger partial charge in [-0.15, -0.1) is 0 Å². The SMILES string of the molecule is C[C@H](NC(=O)c1cc(S(=O)(=O)N(C)C)ccc1N1CCOCC1)c1ccc(S(C)(=O)=O)cc1. The summed E-state index contributed by atoms with van der Waals surface area (Å²) in [5, 5.41) is 2.90. The molecule has 0 spiro atoms. The Balaban J connectivity index is 1.93. The average Bonchev–Trinajstić information content (AvgIpc) is 2.78. The van der Waals surface area contributed by atoms with Crippen LogP contribution in [0.4, 0.5) is 5.69 Å². The lowest BCUT2D eigenvalue weighted by atomic mass is 10.1. The molecule has 0 radical (unpaired) electrons. The first-order chi connectivity index (χ1) is 15.4. The Morgan fingerprint density at radius 1 is 1.00 bits per heavy atom. The Kier molecular flexibility index (Phi) is 7.47. The Hall–Kier alpha value is -2.47. The number of morpholine rings is 1. The molecular weight excluding hydrogens is 466 g/mol. The molecule has 0 bridgehead atoms. The van der Waals surface area contributed by atoms with Gasteiger partial charge in [0, 0.05) is 39.1 Å². The van der Waals surface area contributed by atoms with Gasteiger partial charge in [0.1, 0.15) is 0 Å². The van der Waals surface area contributed by atoms with Gasteiger partial charge in [0.15, 0.2) is 9.84 Å². The molecule has 2 aromatic carbocycles. The van der Waals surface area contributed by atoms with Crippen molar-refractivity contribution in [3.8, 4) is 0 Å². The molecule has 3 rings (SSSR count). The Morgan fingerprint density at radius 3 is 2.12 bits per heavy atom. The van der Waals surface area contributed by atoms with Crippen LogP contribution in [0, 0.1) is 0 Å². The zero-order chi connectivity index (χ0) is 24.4. The van der Waals surface area contributed by atoms with E-state index in [2.05, 4.69) is 5.32 Å². The topological polar surface area (TPSA) is 113 Å². The monoisotopic (exact) mass is 495 g/mol. The molecule has 33 heavy (non-hydrogen) atoms. The minimum atomic E-state index is -3.73. The normalized spacial score (nSPS) is 16.0. The fraction of sp³-hybridized carbons (Fsp3) is 0.409. The predicted octanol–water partition coefficient (Wildman–Crippen LogP) is 1.67. The molecule has 1 N–H and O–H groups in total. The maximum atomic E-state index is 13.3. The van der Waals surface area contributed by atoms with Crippen LogP contribution in [0.25, 0.3) is 0 Å². The maximum absolute atomic E-state index is 13.3. The molecule has 1 fully saturated rings. The van der Waals surface area contributed by atoms with Gasteiger partial charge in [-0.1, -0.05) is 12.1 Å². The van der Waals surface area contributed by atoms with Crippen LogP contribution < -0.4 is 10.2 Å². The summed E-state index contributed by atoms with van der Waals surface area (Å²) in [7, 11) is -4.17. The molecule has 0 saturated carbocycles. The van der Waals surface area contributed by atoms with Gasteiger partial charge in [-0.2, -0.15) is 0 Å². The van der Waals surface area contributed by atoms with Crippen LogP contribution in [-0.4, -0.2) is 73.7 Å². The van der Waals surface area contributed by atoms with E-state index in [4.69, 9.17) is 4.74 Å². The van der Waals surface area contributed by atoms with E-state index in [1.54, 1.807) is 25.1 Å². The van der Waals surface area contributed by atoms with Gasteiger partial charge >= 0.3 is 0 Å². The number of carbonyl (C=O) groups is 1. The summed E-state index contributed by atoms with van der Waals surface area (Å²) in [4.78, 5) is 15.5. The van der Waals surface area contributed by atoms with E-state index in [-0.39, 0.29) is 15.4 Å². The Bertz CT molecular complexity index is 1220. The lowest BCUT2D eigenvalue weighted by Gasteiger charge is -2.31. The fourth-order valence-electron chi connectivity index (χ4n) is 3.51. The molecule has 1 atom stereocenters. The summed E-state index contributed by atoms with van der Waals surface area (Å²) < 4.78 is 55.2. The third kappa shape index (κ3) is 5.72. The summed E-state index contributed by atoms with van der Waals surface area (Å²) in [5.41, 5.74) is 1.60. The summed E-state index contributed by atoms with van der Waals surface area (Å²) in [5.74, 6) is -0.424. The second-order valence-electron chi connectivity index (χ2n) is 8.10. The largest absolute Gasteiger partial charge is 0.378 e. The highest BCUT2D eigenvalue weighted by atomic mass is 32.2. The molecule has 0 aromatic heterocycles. The summed E-state index contributed by atoms with van der Waals surface area (Å²) >= 11 is 0. The van der Waals surface area contributed by atoms with Crippen LogP contribution in [0.3, 0.4) is 0 Å².